The van der Waals surface area contributed by atoms with Crippen LogP contribution in [0.4, 0.5) is 5.69 Å². The van der Waals surface area contributed by atoms with Crippen LogP contribution < -0.4 is 5.32 Å². The smallest absolute Gasteiger partial charge is 0.257 e. The van der Waals surface area contributed by atoms with Crippen LogP contribution in [0.3, 0.4) is 0 Å². The number of H-pyrrole nitrogens is 1. The number of carbonyl (C=O) groups is 2. The minimum absolute atomic E-state index is 0.0312. The number of halogens is 1. The van der Waals surface area contributed by atoms with Gasteiger partial charge < -0.3 is 10.3 Å². The number of aromatic nitrogens is 1. The molecule has 1 aromatic carbocycles. The van der Waals surface area contributed by atoms with Crippen molar-refractivity contribution in [3.63, 3.8) is 0 Å². The molecule has 0 saturated carbocycles. The number of hydrogen-bond donors (Lipinski definition) is 2. The number of benzene rings is 1. The third-order valence-electron chi connectivity index (χ3n) is 3.40. The summed E-state index contributed by atoms with van der Waals surface area (Å²) in [6.45, 7) is 0. The van der Waals surface area contributed by atoms with Crippen LogP contribution in [-0.4, -0.2) is 16.7 Å². The second-order valence-corrected chi connectivity index (χ2v) is 5.23. The molecule has 1 aliphatic carbocycles. The molecule has 0 radical (unpaired) electrons. The molecular weight excluding hydrogens is 276 g/mol. The minimum atomic E-state index is -0.292. The van der Waals surface area contributed by atoms with Gasteiger partial charge >= 0.3 is 0 Å². The average molecular weight is 289 g/mol. The molecule has 1 amide bonds. The summed E-state index contributed by atoms with van der Waals surface area (Å²) in [5, 5.41) is 3.31. The van der Waals surface area contributed by atoms with Crippen LogP contribution in [0.25, 0.3) is 0 Å². The van der Waals surface area contributed by atoms with Gasteiger partial charge in [-0.1, -0.05) is 17.7 Å². The van der Waals surface area contributed by atoms with Crippen molar-refractivity contribution in [2.45, 2.75) is 19.3 Å². The van der Waals surface area contributed by atoms with Gasteiger partial charge in [-0.3, -0.25) is 9.59 Å². The van der Waals surface area contributed by atoms with E-state index < -0.39 is 0 Å². The van der Waals surface area contributed by atoms with E-state index >= 15 is 0 Å². The van der Waals surface area contributed by atoms with Crippen LogP contribution in [0.5, 0.6) is 0 Å². The molecule has 102 valence electrons. The number of carbonyl (C=O) groups excluding carboxylic acids is 2. The number of nitrogens with one attached hydrogen (secondary N) is 2. The number of anilines is 1. The third-order valence-corrected chi connectivity index (χ3v) is 3.63. The van der Waals surface area contributed by atoms with Crippen molar-refractivity contribution >= 4 is 29.0 Å². The van der Waals surface area contributed by atoms with Crippen molar-refractivity contribution < 1.29 is 9.59 Å². The highest BCUT2D eigenvalue weighted by molar-refractivity contribution is 6.31. The first kappa shape index (κ1) is 12.9. The molecule has 0 bridgehead atoms. The van der Waals surface area contributed by atoms with Gasteiger partial charge in [0.2, 0.25) is 0 Å². The number of hydrogen-bond acceptors (Lipinski definition) is 2. The Bertz CT molecular complexity index is 691. The Balaban J connectivity index is 1.88. The van der Waals surface area contributed by atoms with Crippen LogP contribution in [0.1, 0.15) is 39.3 Å². The molecule has 2 aromatic rings. The maximum Gasteiger partial charge on any atom is 0.257 e. The first-order chi connectivity index (χ1) is 9.65. The third kappa shape index (κ3) is 2.34. The number of aromatic amines is 1. The van der Waals surface area contributed by atoms with E-state index in [9.17, 15) is 9.59 Å². The minimum Gasteiger partial charge on any atom is -0.364 e. The Morgan fingerprint density at radius 2 is 2.15 bits per heavy atom. The van der Waals surface area contributed by atoms with Gasteiger partial charge in [-0.15, -0.1) is 0 Å². The van der Waals surface area contributed by atoms with E-state index in [1.165, 1.54) is 0 Å². The monoisotopic (exact) mass is 288 g/mol. The van der Waals surface area contributed by atoms with Crippen LogP contribution in [0, 0.1) is 0 Å². The van der Waals surface area contributed by atoms with Crippen LogP contribution in [-0.2, 0) is 6.42 Å². The highest BCUT2D eigenvalue weighted by Crippen LogP contribution is 2.25. The highest BCUT2D eigenvalue weighted by atomic mass is 35.5. The van der Waals surface area contributed by atoms with E-state index in [1.54, 1.807) is 30.5 Å². The Hall–Kier alpha value is -2.07. The lowest BCUT2D eigenvalue weighted by atomic mass is 9.93. The SMILES string of the molecule is O=C(Nc1cccc(Cl)c1)c1c[nH]c2c1C(=O)CCC2. The molecular formula is C15H13ClN2O2. The van der Waals surface area contributed by atoms with E-state index in [-0.39, 0.29) is 11.7 Å². The van der Waals surface area contributed by atoms with Crippen molar-refractivity contribution in [2.24, 2.45) is 0 Å². The number of ketones is 1. The van der Waals surface area contributed by atoms with Gasteiger partial charge in [0.25, 0.3) is 5.91 Å². The largest absolute Gasteiger partial charge is 0.364 e. The Kier molecular flexibility index (Phi) is 3.32. The lowest BCUT2D eigenvalue weighted by Gasteiger charge is -2.11. The van der Waals surface area contributed by atoms with E-state index in [1.807, 2.05) is 0 Å². The van der Waals surface area contributed by atoms with Crippen molar-refractivity contribution in [2.75, 3.05) is 5.32 Å². The second kappa shape index (κ2) is 5.13. The zero-order valence-corrected chi connectivity index (χ0v) is 11.5. The fourth-order valence-corrected chi connectivity index (χ4v) is 2.67. The molecule has 0 fully saturated rings. The predicted octanol–water partition coefficient (Wildman–Crippen LogP) is 3.44. The number of aryl methyl sites for hydroxylation is 1. The molecule has 20 heavy (non-hydrogen) atoms. The Morgan fingerprint density at radius 3 is 2.95 bits per heavy atom. The standard InChI is InChI=1S/C15H13ClN2O2/c16-9-3-1-4-10(7-9)18-15(20)11-8-17-12-5-2-6-13(19)14(11)12/h1,3-4,7-8,17H,2,5-6H2,(H,18,20). The molecule has 1 aromatic heterocycles. The molecule has 1 aliphatic rings. The quantitative estimate of drug-likeness (QED) is 0.889. The van der Waals surface area contributed by atoms with Crippen LogP contribution >= 0.6 is 11.6 Å². The van der Waals surface area contributed by atoms with E-state index in [0.717, 1.165) is 18.5 Å². The fraction of sp³-hybridized carbons (Fsp3) is 0.200. The molecule has 0 aliphatic heterocycles. The molecule has 4 nitrogen and oxygen atoms in total. The lowest BCUT2D eigenvalue weighted by Crippen LogP contribution is -2.17. The van der Waals surface area contributed by atoms with Crippen molar-refractivity contribution in [1.82, 2.24) is 4.98 Å². The zero-order chi connectivity index (χ0) is 14.1. The normalized spacial score (nSPS) is 13.9. The van der Waals surface area contributed by atoms with Crippen molar-refractivity contribution in [1.29, 1.82) is 0 Å². The molecule has 5 heteroatoms. The van der Waals surface area contributed by atoms with Gasteiger partial charge in [-0.2, -0.15) is 0 Å². The van der Waals surface area contributed by atoms with Crippen molar-refractivity contribution in [3.05, 3.63) is 52.3 Å². The summed E-state index contributed by atoms with van der Waals surface area (Å²) in [7, 11) is 0. The van der Waals surface area contributed by atoms with Crippen molar-refractivity contribution in [3.8, 4) is 0 Å². The maximum absolute atomic E-state index is 12.3. The highest BCUT2D eigenvalue weighted by Gasteiger charge is 2.25. The van der Waals surface area contributed by atoms with Gasteiger partial charge in [0.05, 0.1) is 11.1 Å². The van der Waals surface area contributed by atoms with E-state index in [0.29, 0.717) is 28.3 Å². The summed E-state index contributed by atoms with van der Waals surface area (Å²) in [6, 6.07) is 6.92. The Labute approximate surface area is 121 Å². The van der Waals surface area contributed by atoms with Crippen LogP contribution in [0.2, 0.25) is 5.02 Å². The topological polar surface area (TPSA) is 62.0 Å². The summed E-state index contributed by atoms with van der Waals surface area (Å²) < 4.78 is 0. The molecule has 0 spiro atoms. The molecule has 0 unspecified atom stereocenters. The summed E-state index contributed by atoms with van der Waals surface area (Å²) in [5.41, 5.74) is 2.42. The number of rotatable bonds is 2. The number of amides is 1. The van der Waals surface area contributed by atoms with Gasteiger partial charge in [0, 0.05) is 29.0 Å². The second-order valence-electron chi connectivity index (χ2n) is 4.80. The molecule has 0 atom stereocenters. The Morgan fingerprint density at radius 1 is 1.30 bits per heavy atom. The molecule has 2 N–H and O–H groups in total. The average Bonchev–Trinajstić information content (AvgIpc) is 2.84. The van der Waals surface area contributed by atoms with Gasteiger partial charge in [-0.05, 0) is 31.0 Å². The first-order valence-corrected chi connectivity index (χ1v) is 6.83. The predicted molar refractivity (Wildman–Crippen MR) is 77.5 cm³/mol. The number of Topliss-reactive ketones (excluding diaryl/α,β-unsaturated/α-hetero) is 1. The van der Waals surface area contributed by atoms with Gasteiger partial charge in [0.15, 0.2) is 5.78 Å². The molecule has 1 heterocycles. The summed E-state index contributed by atoms with van der Waals surface area (Å²) >= 11 is 5.88. The maximum atomic E-state index is 12.3. The lowest BCUT2D eigenvalue weighted by molar-refractivity contribution is 0.0956. The number of fused-ring (bicyclic) bond motifs is 1. The van der Waals surface area contributed by atoms with Gasteiger partial charge in [0.1, 0.15) is 0 Å². The molecule has 0 saturated heterocycles. The molecule has 3 rings (SSSR count). The van der Waals surface area contributed by atoms with Crippen LogP contribution in [0.15, 0.2) is 30.5 Å². The van der Waals surface area contributed by atoms with E-state index in [4.69, 9.17) is 11.6 Å². The summed E-state index contributed by atoms with van der Waals surface area (Å²) in [6.07, 6.45) is 3.75. The summed E-state index contributed by atoms with van der Waals surface area (Å²) in [4.78, 5) is 27.3. The van der Waals surface area contributed by atoms with Gasteiger partial charge in [-0.25, -0.2) is 0 Å². The summed E-state index contributed by atoms with van der Waals surface area (Å²) in [5.74, 6) is -0.260. The fourth-order valence-electron chi connectivity index (χ4n) is 2.48. The first-order valence-electron chi connectivity index (χ1n) is 6.45. The van der Waals surface area contributed by atoms with E-state index in [2.05, 4.69) is 10.3 Å². The zero-order valence-electron chi connectivity index (χ0n) is 10.7.